The average Bonchev–Trinajstić information content (AvgIpc) is 3.76. The van der Waals surface area contributed by atoms with Gasteiger partial charge in [0.05, 0.1) is 27.5 Å². The van der Waals surface area contributed by atoms with Crippen LogP contribution in [0.5, 0.6) is 11.5 Å². The Morgan fingerprint density at radius 3 is 1.73 bits per heavy atom. The Morgan fingerprint density at radius 1 is 0.577 bits per heavy atom. The van der Waals surface area contributed by atoms with E-state index in [1.807, 2.05) is 82.3 Å². The van der Waals surface area contributed by atoms with Gasteiger partial charge in [-0.2, -0.15) is 8.42 Å². The van der Waals surface area contributed by atoms with E-state index < -0.39 is 10.1 Å². The van der Waals surface area contributed by atoms with Crippen LogP contribution in [0, 0.1) is 0 Å². The summed E-state index contributed by atoms with van der Waals surface area (Å²) in [6.07, 6.45) is 0. The molecular weight excluding hydrogens is 677 g/mol. The van der Waals surface area contributed by atoms with Crippen molar-refractivity contribution in [2.45, 2.75) is 39.2 Å². The summed E-state index contributed by atoms with van der Waals surface area (Å²) < 4.78 is 44.0. The second-order valence-corrected chi connectivity index (χ2v) is 14.3. The number of nitrogens with zero attached hydrogens (tertiary/aromatic N) is 4. The molecule has 0 saturated carbocycles. The minimum Gasteiger partial charge on any atom is -0.488 e. The molecule has 0 fully saturated rings. The van der Waals surface area contributed by atoms with E-state index in [0.717, 1.165) is 16.3 Å². The van der Waals surface area contributed by atoms with E-state index in [1.54, 1.807) is 27.0 Å². The third-order valence-corrected chi connectivity index (χ3v) is 11.9. The maximum absolute atomic E-state index is 14.4. The molecule has 2 aliphatic rings. The summed E-state index contributed by atoms with van der Waals surface area (Å²) >= 11 is 0. The quantitative estimate of drug-likeness (QED) is 0.0880. The SMILES string of the molecule is CC.CC.O=c1c2cc3c4c5c(cc6c(=O)n7c8ccccc8nc7c7cc8c(c9c(cc(c2c49)c2nc4ccccc4n12)OS8(=O)=O)c5c67)CO3. The summed E-state index contributed by atoms with van der Waals surface area (Å²) in [7, 11) is -4.34. The topological polar surface area (TPSA) is 121 Å². The van der Waals surface area contributed by atoms with Crippen molar-refractivity contribution < 1.29 is 17.3 Å². The lowest BCUT2D eigenvalue weighted by Gasteiger charge is -2.29. The summed E-state index contributed by atoms with van der Waals surface area (Å²) in [5.74, 6) is 0.659. The monoisotopic (exact) mass is 702 g/mol. The van der Waals surface area contributed by atoms with Gasteiger partial charge in [-0.05, 0) is 54.1 Å². The van der Waals surface area contributed by atoms with Crippen molar-refractivity contribution in [2.24, 2.45) is 0 Å². The number of aromatic nitrogens is 4. The molecule has 52 heavy (non-hydrogen) atoms. The van der Waals surface area contributed by atoms with Gasteiger partial charge >= 0.3 is 10.1 Å². The molecule has 11 heteroatoms. The molecular formula is C41H26N4O6S. The fourth-order valence-electron chi connectivity index (χ4n) is 8.85. The van der Waals surface area contributed by atoms with Gasteiger partial charge in [0.25, 0.3) is 11.1 Å². The maximum atomic E-state index is 14.4. The Hall–Kier alpha value is -6.33. The maximum Gasteiger partial charge on any atom is 0.339 e. The second kappa shape index (κ2) is 9.51. The zero-order valence-corrected chi connectivity index (χ0v) is 29.1. The van der Waals surface area contributed by atoms with E-state index in [1.165, 1.54) is 0 Å². The van der Waals surface area contributed by atoms with Crippen molar-refractivity contribution in [3.8, 4) is 11.5 Å². The molecule has 13 rings (SSSR count). The molecule has 252 valence electrons. The predicted octanol–water partition coefficient (Wildman–Crippen LogP) is 8.27. The zero-order valence-electron chi connectivity index (χ0n) is 28.3. The minimum atomic E-state index is -4.34. The van der Waals surface area contributed by atoms with Crippen LogP contribution in [0.2, 0.25) is 0 Å². The molecule has 0 aliphatic carbocycles. The Labute approximate surface area is 293 Å². The summed E-state index contributed by atoms with van der Waals surface area (Å²) in [5, 5.41) is 7.28. The van der Waals surface area contributed by atoms with Crippen LogP contribution in [0.25, 0.3) is 98.0 Å². The van der Waals surface area contributed by atoms with Crippen molar-refractivity contribution >= 4 is 108 Å². The summed E-state index contributed by atoms with van der Waals surface area (Å²) in [6, 6.07) is 21.7. The average molecular weight is 703 g/mol. The standard InChI is InChI=1S/C37H14N4O6S.2C2H6/c42-36-17-9-14-13-46-23-11-18-27-15(34-38-19-5-1-3-7-21(19)40(34)37(18)43)10-24-30-31-25(48(44,45)47-24)12-16(28(17)32(31)26(14)29(23)33(27)30)35-39-20-6-2-4-8-22(20)41(35)36;2*1-2/h1-12H,13H2;2*1-2H3. The first-order valence-corrected chi connectivity index (χ1v) is 18.8. The van der Waals surface area contributed by atoms with Crippen LogP contribution in [-0.2, 0) is 16.7 Å². The highest BCUT2D eigenvalue weighted by Crippen LogP contribution is 2.56. The van der Waals surface area contributed by atoms with Crippen LogP contribution in [-0.4, -0.2) is 27.2 Å². The molecule has 10 nitrogen and oxygen atoms in total. The number of rotatable bonds is 0. The van der Waals surface area contributed by atoms with Gasteiger partial charge in [0.15, 0.2) is 5.75 Å². The summed E-state index contributed by atoms with van der Waals surface area (Å²) in [6.45, 7) is 8.14. The second-order valence-electron chi connectivity index (χ2n) is 12.8. The van der Waals surface area contributed by atoms with Gasteiger partial charge in [0, 0.05) is 59.2 Å². The van der Waals surface area contributed by atoms with Gasteiger partial charge in [0.1, 0.15) is 28.5 Å². The van der Waals surface area contributed by atoms with E-state index in [4.69, 9.17) is 18.9 Å². The molecule has 0 unspecified atom stereocenters. The van der Waals surface area contributed by atoms with E-state index in [0.29, 0.717) is 93.0 Å². The van der Waals surface area contributed by atoms with Gasteiger partial charge < -0.3 is 8.92 Å². The fourth-order valence-corrected chi connectivity index (χ4v) is 10.0. The Morgan fingerprint density at radius 2 is 1.10 bits per heavy atom. The highest BCUT2D eigenvalue weighted by atomic mass is 32.2. The third-order valence-electron chi connectivity index (χ3n) is 10.6. The number of para-hydroxylation sites is 4. The molecule has 2 aliphatic heterocycles. The number of hydrogen-bond acceptors (Lipinski definition) is 8. The van der Waals surface area contributed by atoms with Crippen LogP contribution < -0.4 is 20.0 Å². The van der Waals surface area contributed by atoms with E-state index in [9.17, 15) is 18.0 Å². The highest BCUT2D eigenvalue weighted by molar-refractivity contribution is 7.87. The minimum absolute atomic E-state index is 0.00132. The highest BCUT2D eigenvalue weighted by Gasteiger charge is 2.37. The van der Waals surface area contributed by atoms with Gasteiger partial charge in [-0.25, -0.2) is 9.97 Å². The number of hydrogen-bond donors (Lipinski definition) is 0. The van der Waals surface area contributed by atoms with Crippen molar-refractivity contribution in [1.82, 2.24) is 18.8 Å². The molecule has 0 spiro atoms. The molecule has 0 radical (unpaired) electrons. The lowest BCUT2D eigenvalue weighted by atomic mass is 9.82. The first kappa shape index (κ1) is 29.4. The summed E-state index contributed by atoms with van der Waals surface area (Å²) in [4.78, 5) is 38.4. The molecule has 0 atom stereocenters. The molecule has 6 heterocycles. The lowest BCUT2D eigenvalue weighted by Crippen LogP contribution is -2.19. The van der Waals surface area contributed by atoms with E-state index >= 15 is 0 Å². The lowest BCUT2D eigenvalue weighted by molar-refractivity contribution is 0.309. The molecule has 4 aromatic heterocycles. The third kappa shape index (κ3) is 3.12. The fraction of sp³-hybridized carbons (Fsp3) is 0.122. The number of pyridine rings is 2. The normalized spacial score (nSPS) is 14.5. The number of benzene rings is 7. The van der Waals surface area contributed by atoms with Crippen LogP contribution in [0.1, 0.15) is 33.3 Å². The van der Waals surface area contributed by atoms with Crippen molar-refractivity contribution in [2.75, 3.05) is 0 Å². The summed E-state index contributed by atoms with van der Waals surface area (Å²) in [5.41, 5.74) is 3.64. The Balaban J connectivity index is 0.000000777. The van der Waals surface area contributed by atoms with Crippen LogP contribution in [0.3, 0.4) is 0 Å². The van der Waals surface area contributed by atoms with Gasteiger partial charge in [0.2, 0.25) is 0 Å². The first-order valence-electron chi connectivity index (χ1n) is 17.4. The zero-order chi connectivity index (χ0) is 35.5. The predicted molar refractivity (Wildman–Crippen MR) is 205 cm³/mol. The Bertz CT molecular complexity index is 3660. The van der Waals surface area contributed by atoms with Gasteiger partial charge in [-0.1, -0.05) is 52.0 Å². The smallest absolute Gasteiger partial charge is 0.339 e. The van der Waals surface area contributed by atoms with E-state index in [2.05, 4.69) is 0 Å². The van der Waals surface area contributed by atoms with Gasteiger partial charge in [-0.3, -0.25) is 18.4 Å². The molecule has 0 N–H and O–H groups in total. The molecule has 11 aromatic rings. The van der Waals surface area contributed by atoms with Crippen LogP contribution in [0.4, 0.5) is 0 Å². The van der Waals surface area contributed by atoms with Crippen molar-refractivity contribution in [1.29, 1.82) is 0 Å². The van der Waals surface area contributed by atoms with Crippen molar-refractivity contribution in [3.05, 3.63) is 99.1 Å². The number of fused-ring (bicyclic) bond motifs is 8. The van der Waals surface area contributed by atoms with Crippen LogP contribution >= 0.6 is 0 Å². The largest absolute Gasteiger partial charge is 0.488 e. The van der Waals surface area contributed by atoms with Gasteiger partial charge in [-0.15, -0.1) is 0 Å². The van der Waals surface area contributed by atoms with Crippen molar-refractivity contribution in [3.63, 3.8) is 0 Å². The molecule has 0 bridgehead atoms. The number of ether oxygens (including phenoxy) is 1. The molecule has 0 saturated heterocycles. The van der Waals surface area contributed by atoms with Crippen LogP contribution in [0.15, 0.2) is 87.3 Å². The number of imidazole rings is 2. The first-order chi connectivity index (χ1) is 25.4. The molecule has 7 aromatic carbocycles. The van der Waals surface area contributed by atoms with E-state index in [-0.39, 0.29) is 28.4 Å². The Kier molecular flexibility index (Phi) is 5.37. The molecule has 0 amide bonds.